The van der Waals surface area contributed by atoms with Gasteiger partial charge in [-0.1, -0.05) is 12.5 Å². The Morgan fingerprint density at radius 2 is 2.00 bits per heavy atom. The predicted octanol–water partition coefficient (Wildman–Crippen LogP) is 2.06. The summed E-state index contributed by atoms with van der Waals surface area (Å²) in [5, 5.41) is 5.56. The molecule has 0 aliphatic heterocycles. The van der Waals surface area contributed by atoms with Crippen LogP contribution in [0.15, 0.2) is 36.9 Å². The zero-order valence-electron chi connectivity index (χ0n) is 12.7. The highest BCUT2D eigenvalue weighted by molar-refractivity contribution is 5.95. The van der Waals surface area contributed by atoms with E-state index in [0.717, 1.165) is 19.3 Å². The summed E-state index contributed by atoms with van der Waals surface area (Å²) in [5.74, 6) is 0.102. The Morgan fingerprint density at radius 3 is 2.59 bits per heavy atom. The molecule has 22 heavy (non-hydrogen) atoms. The van der Waals surface area contributed by atoms with E-state index in [-0.39, 0.29) is 23.8 Å². The van der Waals surface area contributed by atoms with Crippen LogP contribution in [0.2, 0.25) is 0 Å². The van der Waals surface area contributed by atoms with Crippen molar-refractivity contribution in [3.63, 3.8) is 0 Å². The van der Waals surface area contributed by atoms with Gasteiger partial charge in [0.2, 0.25) is 5.91 Å². The van der Waals surface area contributed by atoms with Crippen LogP contribution in [0.3, 0.4) is 0 Å². The second-order valence-corrected chi connectivity index (χ2v) is 5.68. The molecule has 118 valence electrons. The highest BCUT2D eigenvalue weighted by Crippen LogP contribution is 2.27. The second-order valence-electron chi connectivity index (χ2n) is 5.68. The van der Waals surface area contributed by atoms with Gasteiger partial charge in [-0.3, -0.25) is 9.59 Å². The smallest absolute Gasteiger partial charge is 0.251 e. The van der Waals surface area contributed by atoms with E-state index in [1.165, 1.54) is 0 Å². The van der Waals surface area contributed by atoms with E-state index in [9.17, 15) is 9.59 Å². The minimum Gasteiger partial charge on any atom is -0.349 e. The fourth-order valence-electron chi connectivity index (χ4n) is 2.74. The van der Waals surface area contributed by atoms with Gasteiger partial charge in [0.05, 0.1) is 0 Å². The molecular weight excluding hydrogens is 278 g/mol. The molecule has 0 heterocycles. The molecule has 1 saturated carbocycles. The standard InChI is InChI=1S/C17H23N3O2/c1-2-10-19-17(22)12-6-8-14(9-7-12)20-16(21)11-13-4-3-5-15(13)18/h2,6-9,13,15H,1,3-5,10-11,18H2,(H,19,22)(H,20,21)/t13-,15+/m0/s1. The van der Waals surface area contributed by atoms with Crippen molar-refractivity contribution in [3.05, 3.63) is 42.5 Å². The van der Waals surface area contributed by atoms with Crippen molar-refractivity contribution >= 4 is 17.5 Å². The van der Waals surface area contributed by atoms with Crippen LogP contribution in [-0.4, -0.2) is 24.4 Å². The van der Waals surface area contributed by atoms with Crippen LogP contribution in [0, 0.1) is 5.92 Å². The van der Waals surface area contributed by atoms with Crippen molar-refractivity contribution < 1.29 is 9.59 Å². The van der Waals surface area contributed by atoms with E-state index < -0.39 is 0 Å². The molecule has 5 heteroatoms. The average Bonchev–Trinajstić information content (AvgIpc) is 2.90. The molecule has 1 fully saturated rings. The predicted molar refractivity (Wildman–Crippen MR) is 87.5 cm³/mol. The van der Waals surface area contributed by atoms with Crippen molar-refractivity contribution in [3.8, 4) is 0 Å². The minimum atomic E-state index is -0.158. The number of nitrogens with one attached hydrogen (secondary N) is 2. The van der Waals surface area contributed by atoms with Gasteiger partial charge in [-0.05, 0) is 43.0 Å². The van der Waals surface area contributed by atoms with Crippen LogP contribution in [0.1, 0.15) is 36.0 Å². The fraction of sp³-hybridized carbons (Fsp3) is 0.412. The Bertz CT molecular complexity index is 539. The third-order valence-corrected chi connectivity index (χ3v) is 4.00. The first-order valence-corrected chi connectivity index (χ1v) is 7.64. The van der Waals surface area contributed by atoms with E-state index in [1.807, 2.05) is 0 Å². The number of anilines is 1. The number of hydrogen-bond acceptors (Lipinski definition) is 3. The molecule has 2 rings (SSSR count). The Labute approximate surface area is 131 Å². The topological polar surface area (TPSA) is 84.2 Å². The summed E-state index contributed by atoms with van der Waals surface area (Å²) < 4.78 is 0. The normalized spacial score (nSPS) is 20.4. The lowest BCUT2D eigenvalue weighted by atomic mass is 10.00. The van der Waals surface area contributed by atoms with Crippen molar-refractivity contribution in [2.45, 2.75) is 31.7 Å². The monoisotopic (exact) mass is 301 g/mol. The second kappa shape index (κ2) is 7.75. The van der Waals surface area contributed by atoms with Crippen molar-refractivity contribution in [1.29, 1.82) is 0 Å². The quantitative estimate of drug-likeness (QED) is 0.703. The molecular formula is C17H23N3O2. The van der Waals surface area contributed by atoms with Gasteiger partial charge in [-0.15, -0.1) is 6.58 Å². The molecule has 2 amide bonds. The average molecular weight is 301 g/mol. The molecule has 0 bridgehead atoms. The molecule has 0 aromatic heterocycles. The molecule has 1 aromatic carbocycles. The maximum Gasteiger partial charge on any atom is 0.251 e. The molecule has 2 atom stereocenters. The largest absolute Gasteiger partial charge is 0.349 e. The Balaban J connectivity index is 1.86. The lowest BCUT2D eigenvalue weighted by Crippen LogP contribution is -2.28. The van der Waals surface area contributed by atoms with E-state index >= 15 is 0 Å². The van der Waals surface area contributed by atoms with E-state index in [0.29, 0.717) is 24.2 Å². The summed E-state index contributed by atoms with van der Waals surface area (Å²) in [5.41, 5.74) is 7.23. The van der Waals surface area contributed by atoms with E-state index in [1.54, 1.807) is 30.3 Å². The van der Waals surface area contributed by atoms with Crippen LogP contribution >= 0.6 is 0 Å². The van der Waals surface area contributed by atoms with Crippen LogP contribution < -0.4 is 16.4 Å². The lowest BCUT2D eigenvalue weighted by Gasteiger charge is -2.14. The summed E-state index contributed by atoms with van der Waals surface area (Å²) >= 11 is 0. The zero-order valence-corrected chi connectivity index (χ0v) is 12.7. The van der Waals surface area contributed by atoms with Gasteiger partial charge >= 0.3 is 0 Å². The minimum absolute atomic E-state index is 0.0220. The lowest BCUT2D eigenvalue weighted by molar-refractivity contribution is -0.117. The number of nitrogens with two attached hydrogens (primary N) is 1. The molecule has 1 aliphatic rings. The molecule has 4 N–H and O–H groups in total. The van der Waals surface area contributed by atoms with Gasteiger partial charge < -0.3 is 16.4 Å². The number of rotatable bonds is 6. The van der Waals surface area contributed by atoms with E-state index in [4.69, 9.17) is 5.73 Å². The van der Waals surface area contributed by atoms with Gasteiger partial charge in [-0.2, -0.15) is 0 Å². The number of hydrogen-bond donors (Lipinski definition) is 3. The summed E-state index contributed by atoms with van der Waals surface area (Å²) in [7, 11) is 0. The maximum atomic E-state index is 12.0. The highest BCUT2D eigenvalue weighted by Gasteiger charge is 2.25. The first-order valence-electron chi connectivity index (χ1n) is 7.64. The van der Waals surface area contributed by atoms with Crippen molar-refractivity contribution in [2.75, 3.05) is 11.9 Å². The van der Waals surface area contributed by atoms with Gasteiger partial charge in [0, 0.05) is 30.3 Å². The van der Waals surface area contributed by atoms with Crippen molar-refractivity contribution in [2.24, 2.45) is 11.7 Å². The van der Waals surface area contributed by atoms with Crippen LogP contribution in [-0.2, 0) is 4.79 Å². The summed E-state index contributed by atoms with van der Waals surface area (Å²) in [6.07, 6.45) is 5.22. The SMILES string of the molecule is C=CCNC(=O)c1ccc(NC(=O)C[C@@H]2CCC[C@H]2N)cc1. The Kier molecular flexibility index (Phi) is 5.72. The van der Waals surface area contributed by atoms with Gasteiger partial charge in [0.25, 0.3) is 5.91 Å². The number of amides is 2. The van der Waals surface area contributed by atoms with E-state index in [2.05, 4.69) is 17.2 Å². The van der Waals surface area contributed by atoms with Crippen LogP contribution in [0.25, 0.3) is 0 Å². The molecule has 0 unspecified atom stereocenters. The highest BCUT2D eigenvalue weighted by atomic mass is 16.2. The van der Waals surface area contributed by atoms with Gasteiger partial charge in [-0.25, -0.2) is 0 Å². The summed E-state index contributed by atoms with van der Waals surface area (Å²) in [6, 6.07) is 6.98. The van der Waals surface area contributed by atoms with Gasteiger partial charge in [0.1, 0.15) is 0 Å². The first kappa shape index (κ1) is 16.2. The van der Waals surface area contributed by atoms with Crippen LogP contribution in [0.5, 0.6) is 0 Å². The fourth-order valence-corrected chi connectivity index (χ4v) is 2.74. The molecule has 5 nitrogen and oxygen atoms in total. The maximum absolute atomic E-state index is 12.0. The van der Waals surface area contributed by atoms with Crippen molar-refractivity contribution in [1.82, 2.24) is 5.32 Å². The summed E-state index contributed by atoms with van der Waals surface area (Å²) in [4.78, 5) is 23.8. The third kappa shape index (κ3) is 4.43. The molecule has 1 aliphatic carbocycles. The zero-order chi connectivity index (χ0) is 15.9. The van der Waals surface area contributed by atoms with Crippen LogP contribution in [0.4, 0.5) is 5.69 Å². The van der Waals surface area contributed by atoms with Gasteiger partial charge in [0.15, 0.2) is 0 Å². The number of benzene rings is 1. The molecule has 1 aromatic rings. The number of carbonyl (C=O) groups excluding carboxylic acids is 2. The third-order valence-electron chi connectivity index (χ3n) is 4.00. The Morgan fingerprint density at radius 1 is 1.27 bits per heavy atom. The molecule has 0 saturated heterocycles. The summed E-state index contributed by atoms with van der Waals surface area (Å²) in [6.45, 7) is 3.98. The first-order chi connectivity index (χ1) is 10.6. The Hall–Kier alpha value is -2.14. The molecule has 0 spiro atoms. The number of carbonyl (C=O) groups is 2. The molecule has 0 radical (unpaired) electrons.